The average molecular weight is 306 g/mol. The Labute approximate surface area is 122 Å². The fourth-order valence-electron chi connectivity index (χ4n) is 2.49. The molecule has 9 nitrogen and oxygen atoms in total. The van der Waals surface area contributed by atoms with Gasteiger partial charge in [-0.3, -0.25) is 29.4 Å². The smallest absolute Gasteiger partial charge is 0.289 e. The molecule has 4 amide bonds. The summed E-state index contributed by atoms with van der Waals surface area (Å²) in [5, 5.41) is 30.6. The molecule has 2 unspecified atom stereocenters. The van der Waals surface area contributed by atoms with Gasteiger partial charge in [0.2, 0.25) is 0 Å². The summed E-state index contributed by atoms with van der Waals surface area (Å²) in [6.45, 7) is 0. The highest BCUT2D eigenvalue weighted by Gasteiger charge is 2.58. The molecule has 1 aromatic rings. The topological polar surface area (TPSA) is 144 Å². The summed E-state index contributed by atoms with van der Waals surface area (Å²) >= 11 is 0. The van der Waals surface area contributed by atoms with Crippen LogP contribution in [0.15, 0.2) is 24.3 Å². The van der Waals surface area contributed by atoms with E-state index in [1.54, 1.807) is 5.32 Å². The van der Waals surface area contributed by atoms with Crippen molar-refractivity contribution >= 4 is 23.6 Å². The normalized spacial score (nSPS) is 27.0. The zero-order chi connectivity index (χ0) is 16.2. The largest absolute Gasteiger partial charge is 0.384 e. The molecule has 1 saturated heterocycles. The number of aliphatic hydroxyl groups excluding tert-OH is 1. The highest BCUT2D eigenvalue weighted by Crippen LogP contribution is 2.29. The van der Waals surface area contributed by atoms with E-state index < -0.39 is 41.6 Å². The van der Waals surface area contributed by atoms with Crippen LogP contribution < -0.4 is 5.32 Å². The summed E-state index contributed by atoms with van der Waals surface area (Å²) in [6.07, 6.45) is -2.36. The van der Waals surface area contributed by atoms with Gasteiger partial charge in [-0.05, 0) is 12.1 Å². The van der Waals surface area contributed by atoms with Crippen molar-refractivity contribution in [2.45, 2.75) is 17.9 Å². The molecule has 0 saturated carbocycles. The number of nitrogens with zero attached hydrogens (tertiary/aromatic N) is 1. The summed E-state index contributed by atoms with van der Waals surface area (Å²) < 4.78 is 0. The number of imide groups is 2. The summed E-state index contributed by atoms with van der Waals surface area (Å²) in [5.74, 6) is -7.74. The van der Waals surface area contributed by atoms with Crippen molar-refractivity contribution in [1.29, 1.82) is 0 Å². The lowest BCUT2D eigenvalue weighted by Crippen LogP contribution is -2.72. The van der Waals surface area contributed by atoms with Gasteiger partial charge in [0.1, 0.15) is 6.10 Å². The number of nitrogens with one attached hydrogen (secondary N) is 1. The number of fused-ring (bicyclic) bond motifs is 1. The van der Waals surface area contributed by atoms with Crippen LogP contribution in [0.2, 0.25) is 0 Å². The van der Waals surface area contributed by atoms with E-state index in [-0.39, 0.29) is 11.1 Å². The molecule has 2 aliphatic heterocycles. The highest BCUT2D eigenvalue weighted by molar-refractivity contribution is 6.23. The van der Waals surface area contributed by atoms with Crippen LogP contribution >= 0.6 is 0 Å². The predicted molar refractivity (Wildman–Crippen MR) is 67.1 cm³/mol. The van der Waals surface area contributed by atoms with E-state index in [0.29, 0.717) is 4.90 Å². The lowest BCUT2D eigenvalue weighted by molar-refractivity contribution is -0.236. The SMILES string of the molecule is O=C1NC(=O)C(O)(O)C(O)C1N1C(=O)c2ccccc2C1=O. The standard InChI is InChI=1S/C13H10N2O7/c16-8-7(9(17)14-12(20)13(8,21)22)15-10(18)5-3-1-2-4-6(5)11(15)19/h1-4,7-8,16,21-22H,(H,14,17,20). The van der Waals surface area contributed by atoms with Gasteiger partial charge in [-0.1, -0.05) is 12.1 Å². The number of carbonyl (C=O) groups is 4. The fourth-order valence-corrected chi connectivity index (χ4v) is 2.49. The molecule has 1 fully saturated rings. The monoisotopic (exact) mass is 306 g/mol. The maximum absolute atomic E-state index is 12.3. The molecule has 0 spiro atoms. The van der Waals surface area contributed by atoms with Crippen LogP contribution in [-0.2, 0) is 9.59 Å². The molecule has 0 aliphatic carbocycles. The van der Waals surface area contributed by atoms with E-state index in [4.69, 9.17) is 0 Å². The maximum Gasteiger partial charge on any atom is 0.289 e. The van der Waals surface area contributed by atoms with Gasteiger partial charge < -0.3 is 15.3 Å². The van der Waals surface area contributed by atoms with Crippen LogP contribution in [0.3, 0.4) is 0 Å². The minimum atomic E-state index is -3.30. The summed E-state index contributed by atoms with van der Waals surface area (Å²) in [7, 11) is 0. The molecular weight excluding hydrogens is 296 g/mol. The van der Waals surface area contributed by atoms with Gasteiger partial charge >= 0.3 is 0 Å². The Morgan fingerprint density at radius 3 is 2.00 bits per heavy atom. The van der Waals surface area contributed by atoms with Gasteiger partial charge in [0.25, 0.3) is 29.4 Å². The summed E-state index contributed by atoms with van der Waals surface area (Å²) in [5.41, 5.74) is 0.0387. The van der Waals surface area contributed by atoms with Crippen molar-refractivity contribution < 1.29 is 34.5 Å². The molecule has 2 heterocycles. The Hall–Kier alpha value is -2.62. The third-order valence-corrected chi connectivity index (χ3v) is 3.65. The van der Waals surface area contributed by atoms with Crippen molar-refractivity contribution in [2.75, 3.05) is 0 Å². The average Bonchev–Trinajstić information content (AvgIpc) is 2.72. The maximum atomic E-state index is 12.3. The van der Waals surface area contributed by atoms with Gasteiger partial charge in [-0.15, -0.1) is 0 Å². The number of hydrogen-bond donors (Lipinski definition) is 4. The molecule has 2 aliphatic rings. The van der Waals surface area contributed by atoms with E-state index >= 15 is 0 Å². The van der Waals surface area contributed by atoms with Gasteiger partial charge in [0.05, 0.1) is 11.1 Å². The van der Waals surface area contributed by atoms with E-state index in [1.165, 1.54) is 24.3 Å². The second-order valence-corrected chi connectivity index (χ2v) is 4.96. The van der Waals surface area contributed by atoms with Crippen molar-refractivity contribution in [1.82, 2.24) is 10.2 Å². The predicted octanol–water partition coefficient (Wildman–Crippen LogP) is -2.65. The first-order valence-electron chi connectivity index (χ1n) is 6.22. The molecule has 3 rings (SSSR count). The zero-order valence-electron chi connectivity index (χ0n) is 10.9. The minimum absolute atomic E-state index is 0.0193. The number of hydrogen-bond acceptors (Lipinski definition) is 7. The molecule has 0 bridgehead atoms. The van der Waals surface area contributed by atoms with Gasteiger partial charge in [-0.25, -0.2) is 0 Å². The Morgan fingerprint density at radius 1 is 1.00 bits per heavy atom. The van der Waals surface area contributed by atoms with E-state index in [2.05, 4.69) is 0 Å². The van der Waals surface area contributed by atoms with Crippen LogP contribution in [0.5, 0.6) is 0 Å². The molecule has 22 heavy (non-hydrogen) atoms. The van der Waals surface area contributed by atoms with E-state index in [9.17, 15) is 34.5 Å². The third-order valence-electron chi connectivity index (χ3n) is 3.65. The number of rotatable bonds is 1. The number of piperidine rings is 1. The minimum Gasteiger partial charge on any atom is -0.384 e. The second kappa shape index (κ2) is 4.44. The first-order chi connectivity index (χ1) is 10.3. The zero-order valence-corrected chi connectivity index (χ0v) is 10.9. The second-order valence-electron chi connectivity index (χ2n) is 4.96. The van der Waals surface area contributed by atoms with E-state index in [0.717, 1.165) is 0 Å². The fraction of sp³-hybridized carbons (Fsp3) is 0.231. The Balaban J connectivity index is 2.05. The number of carbonyl (C=O) groups excluding carboxylic acids is 4. The van der Waals surface area contributed by atoms with Gasteiger partial charge in [0.15, 0.2) is 6.04 Å². The van der Waals surface area contributed by atoms with Crippen LogP contribution in [-0.4, -0.2) is 61.8 Å². The number of amides is 4. The van der Waals surface area contributed by atoms with Crippen molar-refractivity contribution in [3.63, 3.8) is 0 Å². The highest BCUT2D eigenvalue weighted by atomic mass is 16.5. The molecule has 1 aromatic carbocycles. The molecule has 2 atom stereocenters. The molecule has 0 radical (unpaired) electrons. The van der Waals surface area contributed by atoms with Crippen LogP contribution in [0, 0.1) is 0 Å². The number of benzene rings is 1. The van der Waals surface area contributed by atoms with Crippen molar-refractivity contribution in [2.24, 2.45) is 0 Å². The Kier molecular flexibility index (Phi) is 2.89. The van der Waals surface area contributed by atoms with Crippen molar-refractivity contribution in [3.8, 4) is 0 Å². The molecular formula is C13H10N2O7. The molecule has 9 heteroatoms. The van der Waals surface area contributed by atoms with Gasteiger partial charge in [-0.2, -0.15) is 0 Å². The third kappa shape index (κ3) is 1.70. The quantitative estimate of drug-likeness (QED) is 0.327. The first-order valence-corrected chi connectivity index (χ1v) is 6.22. The van der Waals surface area contributed by atoms with Crippen LogP contribution in [0.1, 0.15) is 20.7 Å². The van der Waals surface area contributed by atoms with Crippen molar-refractivity contribution in [3.05, 3.63) is 35.4 Å². The molecule has 4 N–H and O–H groups in total. The summed E-state index contributed by atoms with van der Waals surface area (Å²) in [6, 6.07) is 3.81. The lowest BCUT2D eigenvalue weighted by atomic mass is 9.95. The van der Waals surface area contributed by atoms with E-state index in [1.807, 2.05) is 0 Å². The Morgan fingerprint density at radius 2 is 1.50 bits per heavy atom. The van der Waals surface area contributed by atoms with Crippen LogP contribution in [0.25, 0.3) is 0 Å². The Bertz CT molecular complexity index is 692. The molecule has 114 valence electrons. The first kappa shape index (κ1) is 14.3. The number of aliphatic hydroxyl groups is 3. The molecule has 0 aromatic heterocycles. The lowest BCUT2D eigenvalue weighted by Gasteiger charge is -2.38. The van der Waals surface area contributed by atoms with Gasteiger partial charge in [0, 0.05) is 0 Å². The van der Waals surface area contributed by atoms with Crippen LogP contribution in [0.4, 0.5) is 0 Å². The summed E-state index contributed by atoms with van der Waals surface area (Å²) in [4.78, 5) is 48.1.